The molecule has 0 aliphatic carbocycles. The highest BCUT2D eigenvalue weighted by Crippen LogP contribution is 2.32. The number of aromatic nitrogens is 2. The molecule has 2 aromatic rings. The number of carbonyl (C=O) groups is 2. The molecule has 1 saturated heterocycles. The van der Waals surface area contributed by atoms with Crippen LogP contribution >= 0.6 is 0 Å². The highest BCUT2D eigenvalue weighted by molar-refractivity contribution is 6.05. The van der Waals surface area contributed by atoms with E-state index >= 15 is 0 Å². The van der Waals surface area contributed by atoms with Gasteiger partial charge in [-0.3, -0.25) is 9.59 Å². The first-order chi connectivity index (χ1) is 13.7. The summed E-state index contributed by atoms with van der Waals surface area (Å²) in [6.07, 6.45) is 1.55. The van der Waals surface area contributed by atoms with Crippen LogP contribution < -0.4 is 5.32 Å². The van der Waals surface area contributed by atoms with E-state index < -0.39 is 23.6 Å². The van der Waals surface area contributed by atoms with Crippen molar-refractivity contribution in [3.63, 3.8) is 0 Å². The topological polar surface area (TPSA) is 75.2 Å². The van der Waals surface area contributed by atoms with Crippen molar-refractivity contribution in [2.45, 2.75) is 38.8 Å². The quantitative estimate of drug-likeness (QED) is 0.834. The van der Waals surface area contributed by atoms with E-state index in [0.717, 1.165) is 37.8 Å². The summed E-state index contributed by atoms with van der Waals surface area (Å²) < 4.78 is 40.1. The van der Waals surface area contributed by atoms with E-state index in [2.05, 4.69) is 15.3 Å². The maximum atomic E-state index is 13.4. The molecule has 0 radical (unpaired) electrons. The summed E-state index contributed by atoms with van der Waals surface area (Å²) in [5, 5.41) is 2.41. The van der Waals surface area contributed by atoms with Crippen molar-refractivity contribution in [3.05, 3.63) is 53.1 Å². The Labute approximate surface area is 166 Å². The van der Waals surface area contributed by atoms with Crippen molar-refractivity contribution in [3.8, 4) is 0 Å². The van der Waals surface area contributed by atoms with E-state index in [1.54, 1.807) is 11.8 Å². The molecule has 1 aromatic heterocycles. The Bertz CT molecular complexity index is 890. The third kappa shape index (κ3) is 5.30. The van der Waals surface area contributed by atoms with Gasteiger partial charge in [0, 0.05) is 36.7 Å². The van der Waals surface area contributed by atoms with E-state index in [1.165, 1.54) is 18.5 Å². The summed E-state index contributed by atoms with van der Waals surface area (Å²) in [6.45, 7) is 2.67. The zero-order valence-corrected chi connectivity index (χ0v) is 15.9. The number of carbonyl (C=O) groups excluding carboxylic acids is 2. The molecule has 0 spiro atoms. The first-order valence-electron chi connectivity index (χ1n) is 9.35. The number of amides is 2. The number of nitrogens with one attached hydrogen (secondary N) is 1. The number of benzene rings is 1. The predicted octanol–water partition coefficient (Wildman–Crippen LogP) is 4.07. The van der Waals surface area contributed by atoms with Gasteiger partial charge >= 0.3 is 6.18 Å². The Morgan fingerprint density at radius 1 is 0.966 bits per heavy atom. The fourth-order valence-corrected chi connectivity index (χ4v) is 3.16. The Hall–Kier alpha value is -2.97. The van der Waals surface area contributed by atoms with Gasteiger partial charge in [-0.15, -0.1) is 0 Å². The molecule has 0 atom stereocenters. The summed E-state index contributed by atoms with van der Waals surface area (Å²) in [4.78, 5) is 34.5. The minimum absolute atomic E-state index is 0.0998. The first-order valence-corrected chi connectivity index (χ1v) is 9.35. The third-order valence-electron chi connectivity index (χ3n) is 4.70. The number of hydrogen-bond acceptors (Lipinski definition) is 4. The summed E-state index contributed by atoms with van der Waals surface area (Å²) in [6, 6.07) is 2.92. The molecule has 1 N–H and O–H groups in total. The monoisotopic (exact) mass is 406 g/mol. The summed E-state index contributed by atoms with van der Waals surface area (Å²) in [5.41, 5.74) is -1.09. The van der Waals surface area contributed by atoms with Gasteiger partial charge in [0.2, 0.25) is 0 Å². The highest BCUT2D eigenvalue weighted by atomic mass is 19.4. The van der Waals surface area contributed by atoms with Gasteiger partial charge in [-0.2, -0.15) is 13.2 Å². The normalized spacial score (nSPS) is 15.0. The number of rotatable bonds is 3. The van der Waals surface area contributed by atoms with E-state index in [-0.39, 0.29) is 16.8 Å². The van der Waals surface area contributed by atoms with Crippen molar-refractivity contribution in [1.82, 2.24) is 14.9 Å². The number of anilines is 1. The van der Waals surface area contributed by atoms with E-state index in [9.17, 15) is 22.8 Å². The van der Waals surface area contributed by atoms with Crippen LogP contribution in [0.4, 0.5) is 18.9 Å². The molecule has 2 amide bonds. The molecule has 29 heavy (non-hydrogen) atoms. The average molecular weight is 406 g/mol. The van der Waals surface area contributed by atoms with Gasteiger partial charge in [0.1, 0.15) is 5.82 Å². The SMILES string of the molecule is Cc1ncc(C(=O)Nc2cc(C(=O)N3CCCCCC3)cc(C(F)(F)F)c2)cn1. The lowest BCUT2D eigenvalue weighted by Crippen LogP contribution is -2.32. The second-order valence-corrected chi connectivity index (χ2v) is 6.98. The van der Waals surface area contributed by atoms with Crippen LogP contribution in [-0.2, 0) is 6.18 Å². The van der Waals surface area contributed by atoms with E-state index in [4.69, 9.17) is 0 Å². The fraction of sp³-hybridized carbons (Fsp3) is 0.400. The van der Waals surface area contributed by atoms with Gasteiger partial charge in [0.25, 0.3) is 11.8 Å². The van der Waals surface area contributed by atoms with Crippen molar-refractivity contribution in [1.29, 1.82) is 0 Å². The van der Waals surface area contributed by atoms with Crippen molar-refractivity contribution >= 4 is 17.5 Å². The molecular weight excluding hydrogens is 385 g/mol. The number of aryl methyl sites for hydroxylation is 1. The molecule has 1 aliphatic rings. The van der Waals surface area contributed by atoms with Crippen LogP contribution in [0.25, 0.3) is 0 Å². The number of likely N-dealkylation sites (tertiary alicyclic amines) is 1. The summed E-state index contributed by atoms with van der Waals surface area (Å²) in [5.74, 6) is -0.657. The predicted molar refractivity (Wildman–Crippen MR) is 101 cm³/mol. The third-order valence-corrected chi connectivity index (χ3v) is 4.70. The van der Waals surface area contributed by atoms with E-state index in [0.29, 0.717) is 18.9 Å². The van der Waals surface area contributed by atoms with Crippen LogP contribution in [-0.4, -0.2) is 39.8 Å². The lowest BCUT2D eigenvalue weighted by molar-refractivity contribution is -0.137. The zero-order valence-electron chi connectivity index (χ0n) is 15.9. The summed E-state index contributed by atoms with van der Waals surface area (Å²) in [7, 11) is 0. The van der Waals surface area contributed by atoms with Crippen LogP contribution in [0.1, 0.15) is 57.8 Å². The van der Waals surface area contributed by atoms with Gasteiger partial charge in [-0.25, -0.2) is 9.97 Å². The van der Waals surface area contributed by atoms with Crippen molar-refractivity contribution < 1.29 is 22.8 Å². The van der Waals surface area contributed by atoms with Gasteiger partial charge in [-0.1, -0.05) is 12.8 Å². The Balaban J connectivity index is 1.90. The van der Waals surface area contributed by atoms with Crippen LogP contribution in [0.15, 0.2) is 30.6 Å². The van der Waals surface area contributed by atoms with E-state index in [1.807, 2.05) is 0 Å². The van der Waals surface area contributed by atoms with Crippen LogP contribution in [0.5, 0.6) is 0 Å². The van der Waals surface area contributed by atoms with Gasteiger partial charge in [0.15, 0.2) is 0 Å². The standard InChI is InChI=1S/C20H21F3N4O2/c1-13-24-11-15(12-25-13)18(28)26-17-9-14(8-16(10-17)20(21,22)23)19(29)27-6-4-2-3-5-7-27/h8-12H,2-7H2,1H3,(H,26,28). The maximum Gasteiger partial charge on any atom is 0.416 e. The maximum absolute atomic E-state index is 13.4. The lowest BCUT2D eigenvalue weighted by atomic mass is 10.1. The molecule has 1 fully saturated rings. The number of nitrogens with zero attached hydrogens (tertiary/aromatic N) is 3. The minimum atomic E-state index is -4.65. The number of alkyl halides is 3. The Morgan fingerprint density at radius 2 is 1.59 bits per heavy atom. The lowest BCUT2D eigenvalue weighted by Gasteiger charge is -2.21. The Kier molecular flexibility index (Phi) is 6.14. The molecule has 0 unspecified atom stereocenters. The highest BCUT2D eigenvalue weighted by Gasteiger charge is 2.32. The number of halogens is 3. The zero-order chi connectivity index (χ0) is 21.0. The second-order valence-electron chi connectivity index (χ2n) is 6.98. The average Bonchev–Trinajstić information content (AvgIpc) is 2.96. The fourth-order valence-electron chi connectivity index (χ4n) is 3.16. The van der Waals surface area contributed by atoms with Gasteiger partial charge in [0.05, 0.1) is 11.1 Å². The van der Waals surface area contributed by atoms with Crippen LogP contribution in [0, 0.1) is 6.92 Å². The second kappa shape index (κ2) is 8.59. The molecule has 6 nitrogen and oxygen atoms in total. The number of hydrogen-bond donors (Lipinski definition) is 1. The summed E-state index contributed by atoms with van der Waals surface area (Å²) >= 11 is 0. The largest absolute Gasteiger partial charge is 0.416 e. The molecule has 154 valence electrons. The van der Waals surface area contributed by atoms with Crippen LogP contribution in [0.3, 0.4) is 0 Å². The molecular formula is C20H21F3N4O2. The van der Waals surface area contributed by atoms with Gasteiger partial charge < -0.3 is 10.2 Å². The molecule has 1 aliphatic heterocycles. The van der Waals surface area contributed by atoms with Crippen molar-refractivity contribution in [2.24, 2.45) is 0 Å². The first kappa shape index (κ1) is 20.8. The minimum Gasteiger partial charge on any atom is -0.339 e. The van der Waals surface area contributed by atoms with Crippen LogP contribution in [0.2, 0.25) is 0 Å². The molecule has 3 rings (SSSR count). The molecule has 1 aromatic carbocycles. The molecule has 9 heteroatoms. The Morgan fingerprint density at radius 3 is 2.17 bits per heavy atom. The molecule has 2 heterocycles. The molecule has 0 saturated carbocycles. The van der Waals surface area contributed by atoms with Crippen molar-refractivity contribution in [2.75, 3.05) is 18.4 Å². The molecule has 0 bridgehead atoms. The smallest absolute Gasteiger partial charge is 0.339 e. The van der Waals surface area contributed by atoms with Gasteiger partial charge in [-0.05, 0) is 38.0 Å².